The number of rotatable bonds is 10. The highest BCUT2D eigenvalue weighted by molar-refractivity contribution is 5.15. The van der Waals surface area contributed by atoms with Gasteiger partial charge in [0.25, 0.3) is 0 Å². The van der Waals surface area contributed by atoms with Gasteiger partial charge >= 0.3 is 0 Å². The monoisotopic (exact) mass is 779 g/mol. The van der Waals surface area contributed by atoms with Crippen LogP contribution in [0, 0.1) is 17.8 Å². The van der Waals surface area contributed by atoms with E-state index in [1.807, 2.05) is 16.9 Å². The van der Waals surface area contributed by atoms with E-state index in [1.165, 1.54) is 24.4 Å². The number of hydrogen-bond acceptors (Lipinski definition) is 6. The predicted octanol–water partition coefficient (Wildman–Crippen LogP) is 14.3. The van der Waals surface area contributed by atoms with Crippen LogP contribution >= 0.6 is 0 Å². The van der Waals surface area contributed by atoms with E-state index in [1.54, 1.807) is 0 Å². The minimum Gasteiger partial charge on any atom is -0.466 e. The van der Waals surface area contributed by atoms with Crippen molar-refractivity contribution < 1.29 is 8.94 Å². The van der Waals surface area contributed by atoms with E-state index in [0.717, 1.165) is 52.5 Å². The molecule has 8 nitrogen and oxygen atoms in total. The second kappa shape index (κ2) is 24.6. The van der Waals surface area contributed by atoms with Gasteiger partial charge in [-0.2, -0.15) is 10.2 Å². The number of hydrogen-bond donors (Lipinski definition) is 1. The minimum atomic E-state index is 0.440. The summed E-state index contributed by atoms with van der Waals surface area (Å²) in [6.07, 6.45) is 3.45. The SMILES string of the molecule is CC(C)C1CC(C(C)C)N(C)C1.CC(C)c1cc(C(C)C)[nH]n1.CC(C)c1cc(C(C)C)on1.CC(C)c1ccc(C(C)C)o1.CC(C)c1ccn(C(C)C)n1. The van der Waals surface area contributed by atoms with Gasteiger partial charge in [0.15, 0.2) is 0 Å². The van der Waals surface area contributed by atoms with Crippen LogP contribution in [0.2, 0.25) is 0 Å². The maximum Gasteiger partial charge on any atom is 0.139 e. The molecule has 0 aromatic carbocycles. The van der Waals surface area contributed by atoms with Crippen molar-refractivity contribution in [3.05, 3.63) is 76.6 Å². The van der Waals surface area contributed by atoms with Crippen LogP contribution in [0.4, 0.5) is 0 Å². The first-order chi connectivity index (χ1) is 26.0. The molecular weight excluding hydrogens is 693 g/mol. The molecule has 0 bridgehead atoms. The van der Waals surface area contributed by atoms with Crippen molar-refractivity contribution in [2.75, 3.05) is 13.6 Å². The van der Waals surface area contributed by atoms with Crippen molar-refractivity contribution in [3.8, 4) is 0 Å². The third kappa shape index (κ3) is 17.6. The third-order valence-corrected chi connectivity index (χ3v) is 10.4. The predicted molar refractivity (Wildman–Crippen MR) is 239 cm³/mol. The van der Waals surface area contributed by atoms with Gasteiger partial charge in [-0.05, 0) is 93.0 Å². The number of nitrogens with zero attached hydrogens (tertiary/aromatic N) is 5. The third-order valence-electron chi connectivity index (χ3n) is 10.4. The zero-order valence-electron chi connectivity index (χ0n) is 39.9. The molecule has 0 aliphatic carbocycles. The number of H-pyrrole nitrogens is 1. The number of aromatic amines is 1. The fourth-order valence-corrected chi connectivity index (χ4v) is 6.06. The van der Waals surface area contributed by atoms with E-state index < -0.39 is 0 Å². The maximum atomic E-state index is 5.61. The van der Waals surface area contributed by atoms with E-state index in [4.69, 9.17) is 8.94 Å². The molecule has 0 saturated carbocycles. The summed E-state index contributed by atoms with van der Waals surface area (Å²) in [5.41, 5.74) is 4.62. The van der Waals surface area contributed by atoms with Crippen LogP contribution in [0.3, 0.4) is 0 Å². The lowest BCUT2D eigenvalue weighted by Gasteiger charge is -2.22. The number of likely N-dealkylation sites (tertiary alicyclic amines) is 1. The fraction of sp³-hybridized carbons (Fsp3) is 0.729. The normalized spacial score (nSPS) is 15.9. The van der Waals surface area contributed by atoms with Crippen LogP contribution in [0.1, 0.15) is 232 Å². The number of aromatic nitrogens is 5. The van der Waals surface area contributed by atoms with Crippen molar-refractivity contribution in [1.82, 2.24) is 30.0 Å². The first-order valence-corrected chi connectivity index (χ1v) is 21.8. The van der Waals surface area contributed by atoms with E-state index in [9.17, 15) is 0 Å². The topological polar surface area (TPSA) is 88.9 Å². The summed E-state index contributed by atoms with van der Waals surface area (Å²) in [5, 5.41) is 15.6. The van der Waals surface area contributed by atoms with Crippen LogP contribution in [0.5, 0.6) is 0 Å². The molecule has 5 heterocycles. The summed E-state index contributed by atoms with van der Waals surface area (Å²) in [6, 6.07) is 11.7. The van der Waals surface area contributed by atoms with Crippen molar-refractivity contribution >= 4 is 0 Å². The Balaban J connectivity index is 0.000000350. The Morgan fingerprint density at radius 1 is 0.589 bits per heavy atom. The van der Waals surface area contributed by atoms with Gasteiger partial charge in [-0.1, -0.05) is 130 Å². The smallest absolute Gasteiger partial charge is 0.139 e. The van der Waals surface area contributed by atoms with Crippen molar-refractivity contribution in [1.29, 1.82) is 0 Å². The Kier molecular flexibility index (Phi) is 22.4. The molecule has 2 atom stereocenters. The highest BCUT2D eigenvalue weighted by Gasteiger charge is 2.32. The summed E-state index contributed by atoms with van der Waals surface area (Å²) in [6.45, 7) is 44.9. The highest BCUT2D eigenvalue weighted by atomic mass is 16.5. The quantitative estimate of drug-likeness (QED) is 0.172. The van der Waals surface area contributed by atoms with E-state index in [-0.39, 0.29) is 0 Å². The summed E-state index contributed by atoms with van der Waals surface area (Å²) in [5.74, 6) is 9.29. The molecule has 4 aromatic rings. The number of furan rings is 1. The van der Waals surface area contributed by atoms with Gasteiger partial charge in [0.1, 0.15) is 17.3 Å². The molecule has 56 heavy (non-hydrogen) atoms. The average Bonchev–Trinajstić information content (AvgIpc) is 3.94. The molecule has 5 rings (SSSR count). The van der Waals surface area contributed by atoms with Crippen molar-refractivity contribution in [3.63, 3.8) is 0 Å². The van der Waals surface area contributed by atoms with Crippen LogP contribution in [0.25, 0.3) is 0 Å². The first-order valence-electron chi connectivity index (χ1n) is 21.8. The van der Waals surface area contributed by atoms with Gasteiger partial charge in [0, 0.05) is 54.3 Å². The largest absolute Gasteiger partial charge is 0.466 e. The molecule has 1 N–H and O–H groups in total. The molecule has 1 fully saturated rings. The summed E-state index contributed by atoms with van der Waals surface area (Å²) in [4.78, 5) is 2.54. The van der Waals surface area contributed by atoms with Crippen LogP contribution < -0.4 is 0 Å². The first kappa shape index (κ1) is 50.9. The summed E-state index contributed by atoms with van der Waals surface area (Å²) in [7, 11) is 2.27. The molecule has 8 heteroatoms. The number of nitrogens with one attached hydrogen (secondary N) is 1. The van der Waals surface area contributed by atoms with Crippen LogP contribution in [0.15, 0.2) is 45.5 Å². The minimum absolute atomic E-state index is 0.440. The molecule has 2 unspecified atom stereocenters. The Morgan fingerprint density at radius 2 is 1.11 bits per heavy atom. The molecular formula is C48H86N6O2. The molecule has 0 radical (unpaired) electrons. The van der Waals surface area contributed by atoms with Gasteiger partial charge < -0.3 is 13.8 Å². The lowest BCUT2D eigenvalue weighted by molar-refractivity contribution is 0.249. The standard InChI is InChI=1S/C11H23N.C10H16O.2C9H16N2.C9H15NO/c1-8(2)10-6-11(9(3)4)12(5)7-10;1-7(2)9-5-6-10(11-9)8(3)4;1-7(2)9-5-6-11(10-9)8(3)4;2*1-6(2)8-5-9(7(3)4)11-10-8/h8-11H,6-7H2,1-5H3;2*5-8H,1-4H3;5-7H,1-4H3,(H,10,11);5-7H,1-4H3. The Bertz CT molecular complexity index is 1290. The van der Waals surface area contributed by atoms with Gasteiger partial charge in [0.05, 0.1) is 17.1 Å². The second-order valence-electron chi connectivity index (χ2n) is 19.0. The maximum absolute atomic E-state index is 5.61. The Labute approximate surface area is 344 Å². The lowest BCUT2D eigenvalue weighted by atomic mass is 9.90. The molecule has 1 aliphatic heterocycles. The molecule has 1 aliphatic rings. The van der Waals surface area contributed by atoms with E-state index in [2.05, 4.69) is 195 Å². The molecule has 0 amide bonds. The van der Waals surface area contributed by atoms with Crippen molar-refractivity contribution in [2.45, 2.75) is 198 Å². The van der Waals surface area contributed by atoms with E-state index >= 15 is 0 Å². The summed E-state index contributed by atoms with van der Waals surface area (Å²) < 4.78 is 12.7. The van der Waals surface area contributed by atoms with E-state index in [0.29, 0.717) is 47.5 Å². The van der Waals surface area contributed by atoms with Gasteiger partial charge in [-0.15, -0.1) is 0 Å². The highest BCUT2D eigenvalue weighted by Crippen LogP contribution is 2.31. The Hall–Kier alpha value is -3.13. The molecule has 320 valence electrons. The Morgan fingerprint density at radius 3 is 1.36 bits per heavy atom. The molecule has 0 spiro atoms. The van der Waals surface area contributed by atoms with Crippen LogP contribution in [-0.4, -0.2) is 49.7 Å². The molecule has 1 saturated heterocycles. The second-order valence-corrected chi connectivity index (χ2v) is 19.0. The summed E-state index contributed by atoms with van der Waals surface area (Å²) >= 11 is 0. The zero-order valence-corrected chi connectivity index (χ0v) is 39.9. The zero-order chi connectivity index (χ0) is 43.0. The molecule has 4 aromatic heterocycles. The van der Waals surface area contributed by atoms with Gasteiger partial charge in [-0.3, -0.25) is 9.78 Å². The van der Waals surface area contributed by atoms with Crippen LogP contribution in [-0.2, 0) is 0 Å². The van der Waals surface area contributed by atoms with Crippen molar-refractivity contribution in [2.24, 2.45) is 17.8 Å². The van der Waals surface area contributed by atoms with Gasteiger partial charge in [-0.25, -0.2) is 0 Å². The van der Waals surface area contributed by atoms with Gasteiger partial charge in [0.2, 0.25) is 0 Å². The average molecular weight is 779 g/mol. The lowest BCUT2D eigenvalue weighted by Crippen LogP contribution is -2.29. The fourth-order valence-electron chi connectivity index (χ4n) is 6.06.